The Labute approximate surface area is 194 Å². The molecule has 1 fully saturated rings. The smallest absolute Gasteiger partial charge is 0.303 e. The Balaban J connectivity index is 1.70. The quantitative estimate of drug-likeness (QED) is 0.288. The standard InChI is InChI=1S/C21H18Cl2N2O3S2/c22-14-9-13(10-15(23)11-14)17-6-4-5-16(24-17)12-18-20(28)25(21(29)30-18)8-3-1-2-7-19(26)27/h4-6,9-12H,1-3,7-8H2,(H,26,27)/b18-12-. The summed E-state index contributed by atoms with van der Waals surface area (Å²) in [4.78, 5) is 30.0. The topological polar surface area (TPSA) is 70.5 Å². The van der Waals surface area contributed by atoms with E-state index in [2.05, 4.69) is 4.98 Å². The van der Waals surface area contributed by atoms with E-state index in [-0.39, 0.29) is 12.3 Å². The first kappa shape index (κ1) is 22.7. The Bertz CT molecular complexity index is 1010. The molecule has 1 N–H and O–H groups in total. The first-order chi connectivity index (χ1) is 14.3. The number of thioether (sulfide) groups is 1. The minimum Gasteiger partial charge on any atom is -0.481 e. The monoisotopic (exact) mass is 480 g/mol. The van der Waals surface area contributed by atoms with Gasteiger partial charge in [0.15, 0.2) is 0 Å². The van der Waals surface area contributed by atoms with Crippen molar-refractivity contribution in [3.05, 3.63) is 57.0 Å². The molecule has 3 rings (SSSR count). The number of carboxylic acids is 1. The Hall–Kier alpha value is -1.93. The summed E-state index contributed by atoms with van der Waals surface area (Å²) in [6.07, 6.45) is 3.88. The molecule has 2 aromatic rings. The van der Waals surface area contributed by atoms with E-state index in [1.807, 2.05) is 18.2 Å². The zero-order chi connectivity index (χ0) is 21.7. The van der Waals surface area contributed by atoms with E-state index < -0.39 is 5.97 Å². The van der Waals surface area contributed by atoms with Crippen LogP contribution in [-0.4, -0.2) is 37.7 Å². The van der Waals surface area contributed by atoms with Crippen LogP contribution in [0.4, 0.5) is 0 Å². The van der Waals surface area contributed by atoms with Gasteiger partial charge in [0.25, 0.3) is 5.91 Å². The molecule has 0 bridgehead atoms. The molecule has 2 heterocycles. The maximum Gasteiger partial charge on any atom is 0.303 e. The van der Waals surface area contributed by atoms with Gasteiger partial charge in [0.05, 0.1) is 16.3 Å². The van der Waals surface area contributed by atoms with Crippen LogP contribution in [0.25, 0.3) is 17.3 Å². The number of carbonyl (C=O) groups excluding carboxylic acids is 1. The van der Waals surface area contributed by atoms with Crippen molar-refractivity contribution < 1.29 is 14.7 Å². The zero-order valence-electron chi connectivity index (χ0n) is 15.8. The maximum atomic E-state index is 12.7. The highest BCUT2D eigenvalue weighted by Crippen LogP contribution is 2.33. The van der Waals surface area contributed by atoms with Crippen molar-refractivity contribution in [2.75, 3.05) is 6.54 Å². The lowest BCUT2D eigenvalue weighted by Crippen LogP contribution is -2.29. The van der Waals surface area contributed by atoms with E-state index in [0.717, 1.165) is 12.0 Å². The molecule has 0 atom stereocenters. The third kappa shape index (κ3) is 6.04. The molecule has 0 aliphatic carbocycles. The summed E-state index contributed by atoms with van der Waals surface area (Å²) in [5, 5.41) is 9.73. The van der Waals surface area contributed by atoms with E-state index >= 15 is 0 Å². The summed E-state index contributed by atoms with van der Waals surface area (Å²) in [6.45, 7) is 0.482. The molecule has 1 aliphatic rings. The number of halogens is 2. The van der Waals surface area contributed by atoms with E-state index in [1.165, 1.54) is 11.8 Å². The number of aromatic nitrogens is 1. The van der Waals surface area contributed by atoms with Crippen molar-refractivity contribution in [1.29, 1.82) is 0 Å². The van der Waals surface area contributed by atoms with E-state index in [1.54, 1.807) is 29.2 Å². The van der Waals surface area contributed by atoms with Crippen LogP contribution >= 0.6 is 47.2 Å². The van der Waals surface area contributed by atoms with E-state index in [4.69, 9.17) is 40.5 Å². The summed E-state index contributed by atoms with van der Waals surface area (Å²) >= 11 is 18.8. The number of pyridine rings is 1. The minimum atomic E-state index is -0.807. The molecule has 1 aliphatic heterocycles. The molecule has 1 aromatic carbocycles. The SMILES string of the molecule is O=C(O)CCCCCN1C(=O)/C(=C/c2cccc(-c3cc(Cl)cc(Cl)c3)n2)SC1=S. The number of carboxylic acid groups (broad SMARTS) is 1. The molecular formula is C21H18Cl2N2O3S2. The average molecular weight is 481 g/mol. The van der Waals surface area contributed by atoms with Gasteiger partial charge >= 0.3 is 5.97 Å². The first-order valence-corrected chi connectivity index (χ1v) is 11.2. The van der Waals surface area contributed by atoms with Crippen LogP contribution in [0.5, 0.6) is 0 Å². The van der Waals surface area contributed by atoms with Crippen molar-refractivity contribution in [2.45, 2.75) is 25.7 Å². The molecule has 0 radical (unpaired) electrons. The molecule has 156 valence electrons. The predicted octanol–water partition coefficient (Wildman–Crippen LogP) is 5.90. The minimum absolute atomic E-state index is 0.137. The fourth-order valence-electron chi connectivity index (χ4n) is 2.94. The third-order valence-electron chi connectivity index (χ3n) is 4.35. The van der Waals surface area contributed by atoms with Crippen LogP contribution in [0, 0.1) is 0 Å². The van der Waals surface area contributed by atoms with Crippen LogP contribution in [0.15, 0.2) is 41.3 Å². The van der Waals surface area contributed by atoms with Crippen molar-refractivity contribution in [1.82, 2.24) is 9.88 Å². The Kier molecular flexibility index (Phi) is 7.88. The number of thiocarbonyl (C=S) groups is 1. The summed E-state index contributed by atoms with van der Waals surface area (Å²) < 4.78 is 0.502. The van der Waals surface area contributed by atoms with Crippen LogP contribution in [-0.2, 0) is 9.59 Å². The molecule has 1 saturated heterocycles. The second kappa shape index (κ2) is 10.4. The highest BCUT2D eigenvalue weighted by atomic mass is 35.5. The van der Waals surface area contributed by atoms with Crippen molar-refractivity contribution in [3.8, 4) is 11.3 Å². The Morgan fingerprint density at radius 2 is 1.90 bits per heavy atom. The van der Waals surface area contributed by atoms with Crippen molar-refractivity contribution in [2.24, 2.45) is 0 Å². The van der Waals surface area contributed by atoms with Gasteiger partial charge in [-0.25, -0.2) is 4.98 Å². The molecule has 30 heavy (non-hydrogen) atoms. The van der Waals surface area contributed by atoms with Crippen LogP contribution in [0.2, 0.25) is 10.0 Å². The van der Waals surface area contributed by atoms with Crippen LogP contribution in [0.1, 0.15) is 31.4 Å². The molecular weight excluding hydrogens is 463 g/mol. The van der Waals surface area contributed by atoms with Crippen LogP contribution < -0.4 is 0 Å². The summed E-state index contributed by atoms with van der Waals surface area (Å²) in [7, 11) is 0. The van der Waals surface area contributed by atoms with Crippen molar-refractivity contribution >= 4 is 69.5 Å². The third-order valence-corrected chi connectivity index (χ3v) is 6.17. The average Bonchev–Trinajstić information content (AvgIpc) is 2.94. The van der Waals surface area contributed by atoms with Crippen LogP contribution in [0.3, 0.4) is 0 Å². The lowest BCUT2D eigenvalue weighted by Gasteiger charge is -2.13. The van der Waals surface area contributed by atoms with Gasteiger partial charge in [-0.1, -0.05) is 59.7 Å². The fraction of sp³-hybridized carbons (Fsp3) is 0.238. The first-order valence-electron chi connectivity index (χ1n) is 9.24. The molecule has 5 nitrogen and oxygen atoms in total. The van der Waals surface area contributed by atoms with Crippen molar-refractivity contribution in [3.63, 3.8) is 0 Å². The highest BCUT2D eigenvalue weighted by molar-refractivity contribution is 8.26. The van der Waals surface area contributed by atoms with Gasteiger partial charge in [0.2, 0.25) is 0 Å². The van der Waals surface area contributed by atoms with Gasteiger partial charge in [-0.2, -0.15) is 0 Å². The second-order valence-corrected chi connectivity index (χ2v) is 9.19. The van der Waals surface area contributed by atoms with Gasteiger partial charge in [0.1, 0.15) is 4.32 Å². The summed E-state index contributed by atoms with van der Waals surface area (Å²) in [5.41, 5.74) is 2.12. The number of hydrogen-bond acceptors (Lipinski definition) is 5. The lowest BCUT2D eigenvalue weighted by molar-refractivity contribution is -0.137. The molecule has 0 spiro atoms. The number of benzene rings is 1. The fourth-order valence-corrected chi connectivity index (χ4v) is 4.76. The normalized spacial score (nSPS) is 15.3. The molecule has 1 amide bonds. The Morgan fingerprint density at radius 1 is 1.17 bits per heavy atom. The molecule has 0 unspecified atom stereocenters. The van der Waals surface area contributed by atoms with Gasteiger partial charge in [-0.15, -0.1) is 0 Å². The number of hydrogen-bond donors (Lipinski definition) is 1. The van der Waals surface area contributed by atoms with E-state index in [0.29, 0.717) is 50.0 Å². The molecule has 9 heteroatoms. The largest absolute Gasteiger partial charge is 0.481 e. The lowest BCUT2D eigenvalue weighted by atomic mass is 10.1. The number of aliphatic carboxylic acids is 1. The number of rotatable bonds is 8. The summed E-state index contributed by atoms with van der Waals surface area (Å²) in [6, 6.07) is 10.7. The number of carbonyl (C=O) groups is 2. The van der Waals surface area contributed by atoms with Gasteiger partial charge < -0.3 is 5.11 Å². The van der Waals surface area contributed by atoms with Gasteiger partial charge in [-0.3, -0.25) is 14.5 Å². The van der Waals surface area contributed by atoms with Gasteiger partial charge in [-0.05, 0) is 49.2 Å². The Morgan fingerprint density at radius 3 is 2.60 bits per heavy atom. The molecule has 1 aromatic heterocycles. The molecule has 0 saturated carbocycles. The van der Waals surface area contributed by atoms with E-state index in [9.17, 15) is 9.59 Å². The number of nitrogens with zero attached hydrogens (tertiary/aromatic N) is 2. The van der Waals surface area contributed by atoms with Gasteiger partial charge in [0, 0.05) is 28.6 Å². The zero-order valence-corrected chi connectivity index (χ0v) is 19.0. The number of amides is 1. The summed E-state index contributed by atoms with van der Waals surface area (Å²) in [5.74, 6) is -0.959. The number of unbranched alkanes of at least 4 members (excludes halogenated alkanes) is 2. The second-order valence-electron chi connectivity index (χ2n) is 6.64. The predicted molar refractivity (Wildman–Crippen MR) is 126 cm³/mol. The maximum absolute atomic E-state index is 12.7. The highest BCUT2D eigenvalue weighted by Gasteiger charge is 2.31.